The van der Waals surface area contributed by atoms with Crippen LogP contribution in [0.3, 0.4) is 0 Å². The highest BCUT2D eigenvalue weighted by molar-refractivity contribution is 5.30. The third-order valence-electron chi connectivity index (χ3n) is 6.87. The summed E-state index contributed by atoms with van der Waals surface area (Å²) in [4.78, 5) is 4.73. The highest BCUT2D eigenvalue weighted by Crippen LogP contribution is 2.48. The van der Waals surface area contributed by atoms with Crippen LogP contribution in [-0.4, -0.2) is 49.6 Å². The van der Waals surface area contributed by atoms with E-state index in [2.05, 4.69) is 30.8 Å². The molecule has 0 radical (unpaired) electrons. The quantitative estimate of drug-likeness (QED) is 0.673. The minimum absolute atomic E-state index is 0.0820. The van der Waals surface area contributed by atoms with E-state index in [1.54, 1.807) is 6.07 Å². The van der Waals surface area contributed by atoms with E-state index in [1.165, 1.54) is 31.4 Å². The molecule has 152 valence electrons. The Morgan fingerprint density at radius 1 is 1.19 bits per heavy atom. The van der Waals surface area contributed by atoms with E-state index in [1.807, 2.05) is 6.07 Å². The fourth-order valence-corrected chi connectivity index (χ4v) is 5.03. The van der Waals surface area contributed by atoms with Gasteiger partial charge >= 0.3 is 6.18 Å². The highest BCUT2D eigenvalue weighted by Gasteiger charge is 2.39. The van der Waals surface area contributed by atoms with Crippen molar-refractivity contribution < 1.29 is 13.2 Å². The van der Waals surface area contributed by atoms with E-state index in [0.717, 1.165) is 44.5 Å². The molecule has 0 N–H and O–H groups in total. The maximum Gasteiger partial charge on any atom is 0.416 e. The molecule has 1 aromatic rings. The molecule has 1 heterocycles. The third-order valence-corrected chi connectivity index (χ3v) is 6.87. The van der Waals surface area contributed by atoms with Crippen molar-refractivity contribution >= 4 is 0 Å². The molecular weight excluding hydrogens is 349 g/mol. The monoisotopic (exact) mass is 382 g/mol. The first-order valence-corrected chi connectivity index (χ1v) is 10.2. The second-order valence-corrected chi connectivity index (χ2v) is 9.06. The molecule has 2 fully saturated rings. The average molecular weight is 383 g/mol. The molecule has 2 atom stereocenters. The van der Waals surface area contributed by atoms with Crippen LogP contribution in [0, 0.1) is 5.41 Å². The molecule has 0 spiro atoms. The average Bonchev–Trinajstić information content (AvgIpc) is 3.09. The van der Waals surface area contributed by atoms with E-state index in [0.29, 0.717) is 6.04 Å². The molecule has 0 amide bonds. The van der Waals surface area contributed by atoms with Crippen LogP contribution >= 0.6 is 0 Å². The third kappa shape index (κ3) is 4.86. The van der Waals surface area contributed by atoms with Gasteiger partial charge in [0, 0.05) is 25.0 Å². The second-order valence-electron chi connectivity index (χ2n) is 9.06. The van der Waals surface area contributed by atoms with Gasteiger partial charge in [0.2, 0.25) is 0 Å². The second kappa shape index (κ2) is 8.12. The largest absolute Gasteiger partial charge is 0.416 e. The van der Waals surface area contributed by atoms with Crippen LogP contribution in [0.1, 0.15) is 62.5 Å². The maximum atomic E-state index is 13.3. The SMILES string of the molecule is CN(C)C1CCN(CC(c2cccc(C(F)(F)F)c2)C2(C)CCCCC2)C1. The van der Waals surface area contributed by atoms with Crippen molar-refractivity contribution in [3.8, 4) is 0 Å². The van der Waals surface area contributed by atoms with Gasteiger partial charge in [-0.2, -0.15) is 13.2 Å². The van der Waals surface area contributed by atoms with Gasteiger partial charge in [0.1, 0.15) is 0 Å². The van der Waals surface area contributed by atoms with Crippen molar-refractivity contribution in [2.45, 2.75) is 63.6 Å². The Balaban J connectivity index is 1.87. The molecule has 1 aromatic carbocycles. The van der Waals surface area contributed by atoms with Crippen molar-refractivity contribution in [1.82, 2.24) is 9.80 Å². The predicted molar refractivity (Wildman–Crippen MR) is 104 cm³/mol. The Hall–Kier alpha value is -1.07. The number of halogens is 3. The molecule has 5 heteroatoms. The Morgan fingerprint density at radius 2 is 1.89 bits per heavy atom. The molecule has 1 aliphatic carbocycles. The Labute approximate surface area is 161 Å². The molecule has 2 aliphatic rings. The molecule has 27 heavy (non-hydrogen) atoms. The molecule has 0 bridgehead atoms. The number of nitrogens with zero attached hydrogens (tertiary/aromatic N) is 2. The Bertz CT molecular complexity index is 620. The Morgan fingerprint density at radius 3 is 2.48 bits per heavy atom. The van der Waals surface area contributed by atoms with E-state index < -0.39 is 11.7 Å². The lowest BCUT2D eigenvalue weighted by Gasteiger charge is -2.43. The van der Waals surface area contributed by atoms with Gasteiger partial charge in [-0.05, 0) is 56.9 Å². The van der Waals surface area contributed by atoms with Crippen LogP contribution in [0.25, 0.3) is 0 Å². The Kier molecular flexibility index (Phi) is 6.21. The number of hydrogen-bond acceptors (Lipinski definition) is 2. The fourth-order valence-electron chi connectivity index (χ4n) is 5.03. The minimum atomic E-state index is -4.28. The van der Waals surface area contributed by atoms with Crippen molar-refractivity contribution in [2.24, 2.45) is 5.41 Å². The number of hydrogen-bond donors (Lipinski definition) is 0. The number of likely N-dealkylation sites (tertiary alicyclic amines) is 1. The molecule has 1 saturated heterocycles. The molecule has 1 aliphatic heterocycles. The van der Waals surface area contributed by atoms with Crippen molar-refractivity contribution in [1.29, 1.82) is 0 Å². The summed E-state index contributed by atoms with van der Waals surface area (Å²) in [5.74, 6) is 0.154. The minimum Gasteiger partial charge on any atom is -0.305 e. The van der Waals surface area contributed by atoms with Crippen LogP contribution in [-0.2, 0) is 6.18 Å². The van der Waals surface area contributed by atoms with Gasteiger partial charge < -0.3 is 9.80 Å². The van der Waals surface area contributed by atoms with Crippen molar-refractivity contribution in [3.05, 3.63) is 35.4 Å². The van der Waals surface area contributed by atoms with Gasteiger partial charge in [0.25, 0.3) is 0 Å². The van der Waals surface area contributed by atoms with E-state index in [4.69, 9.17) is 0 Å². The van der Waals surface area contributed by atoms with Crippen LogP contribution in [0.2, 0.25) is 0 Å². The first-order valence-electron chi connectivity index (χ1n) is 10.2. The van der Waals surface area contributed by atoms with Crippen LogP contribution < -0.4 is 0 Å². The molecule has 0 aromatic heterocycles. The van der Waals surface area contributed by atoms with Crippen LogP contribution in [0.15, 0.2) is 24.3 Å². The summed E-state index contributed by atoms with van der Waals surface area (Å²) in [6, 6.07) is 6.65. The van der Waals surface area contributed by atoms with Gasteiger partial charge in [-0.1, -0.05) is 44.4 Å². The van der Waals surface area contributed by atoms with E-state index >= 15 is 0 Å². The number of rotatable bonds is 5. The molecule has 3 rings (SSSR count). The summed E-state index contributed by atoms with van der Waals surface area (Å²) < 4.78 is 39.9. The standard InChI is InChI=1S/C22H33F3N2/c1-21(11-5-4-6-12-21)20(16-27-13-10-19(15-27)26(2)3)17-8-7-9-18(14-17)22(23,24)25/h7-9,14,19-20H,4-6,10-13,15-16H2,1-3H3. The van der Waals surface area contributed by atoms with Gasteiger partial charge in [-0.3, -0.25) is 0 Å². The first-order chi connectivity index (χ1) is 12.7. The zero-order valence-electron chi connectivity index (χ0n) is 16.9. The van der Waals surface area contributed by atoms with Crippen molar-refractivity contribution in [2.75, 3.05) is 33.7 Å². The van der Waals surface area contributed by atoms with Gasteiger partial charge in [-0.25, -0.2) is 0 Å². The smallest absolute Gasteiger partial charge is 0.305 e. The lowest BCUT2D eigenvalue weighted by Crippen LogP contribution is -2.38. The summed E-state index contributed by atoms with van der Waals surface area (Å²) >= 11 is 0. The van der Waals surface area contributed by atoms with Crippen LogP contribution in [0.4, 0.5) is 13.2 Å². The number of likely N-dealkylation sites (N-methyl/N-ethyl adjacent to an activating group) is 1. The predicted octanol–water partition coefficient (Wildman–Crippen LogP) is 5.40. The highest BCUT2D eigenvalue weighted by atomic mass is 19.4. The van der Waals surface area contributed by atoms with E-state index in [-0.39, 0.29) is 11.3 Å². The van der Waals surface area contributed by atoms with Gasteiger partial charge in [-0.15, -0.1) is 0 Å². The summed E-state index contributed by atoms with van der Waals surface area (Å²) in [5, 5.41) is 0. The topological polar surface area (TPSA) is 6.48 Å². The molecule has 2 unspecified atom stereocenters. The molecular formula is C22H33F3N2. The number of alkyl halides is 3. The van der Waals surface area contributed by atoms with E-state index in [9.17, 15) is 13.2 Å². The maximum absolute atomic E-state index is 13.3. The van der Waals surface area contributed by atoms with Gasteiger partial charge in [0.15, 0.2) is 0 Å². The van der Waals surface area contributed by atoms with Crippen molar-refractivity contribution in [3.63, 3.8) is 0 Å². The zero-order chi connectivity index (χ0) is 19.7. The first kappa shape index (κ1) is 20.7. The summed E-state index contributed by atoms with van der Waals surface area (Å²) in [6.45, 7) is 5.21. The zero-order valence-corrected chi connectivity index (χ0v) is 16.9. The fraction of sp³-hybridized carbons (Fsp3) is 0.727. The lowest BCUT2D eigenvalue weighted by molar-refractivity contribution is -0.137. The normalized spacial score (nSPS) is 25.1. The lowest BCUT2D eigenvalue weighted by atomic mass is 9.64. The molecule has 1 saturated carbocycles. The summed E-state index contributed by atoms with van der Waals surface area (Å²) in [6.07, 6.45) is 2.70. The van der Waals surface area contributed by atoms with Crippen LogP contribution in [0.5, 0.6) is 0 Å². The molecule has 2 nitrogen and oxygen atoms in total. The van der Waals surface area contributed by atoms with Gasteiger partial charge in [0.05, 0.1) is 5.56 Å². The summed E-state index contributed by atoms with van der Waals surface area (Å²) in [7, 11) is 4.22. The summed E-state index contributed by atoms with van der Waals surface area (Å²) in [5.41, 5.74) is 0.429. The number of benzene rings is 1.